The van der Waals surface area contributed by atoms with Gasteiger partial charge in [0.2, 0.25) is 0 Å². The van der Waals surface area contributed by atoms with Gasteiger partial charge in [-0.2, -0.15) is 13.2 Å². The molecule has 1 aromatic rings. The molecule has 0 bridgehead atoms. The smallest absolute Gasteiger partial charge is 0.433 e. The number of hydrogen-bond acceptors (Lipinski definition) is 6. The predicted molar refractivity (Wildman–Crippen MR) is 148 cm³/mol. The third-order valence-electron chi connectivity index (χ3n) is 9.58. The van der Waals surface area contributed by atoms with Crippen molar-refractivity contribution in [3.63, 3.8) is 0 Å². The van der Waals surface area contributed by atoms with E-state index in [0.29, 0.717) is 29.7 Å². The topological polar surface area (TPSA) is 44.2 Å². The Morgan fingerprint density at radius 2 is 1.82 bits per heavy atom. The van der Waals surface area contributed by atoms with Crippen molar-refractivity contribution in [2.24, 2.45) is 10.5 Å². The number of alkyl halides is 3. The summed E-state index contributed by atoms with van der Waals surface area (Å²) >= 11 is 0. The van der Waals surface area contributed by atoms with Crippen molar-refractivity contribution in [3.05, 3.63) is 58.9 Å². The van der Waals surface area contributed by atoms with Crippen LogP contribution in [0.15, 0.2) is 52.7 Å². The number of rotatable bonds is 4. The molecule has 1 spiro atoms. The van der Waals surface area contributed by atoms with Crippen LogP contribution in [0.25, 0.3) is 5.70 Å². The van der Waals surface area contributed by atoms with Gasteiger partial charge in [0.1, 0.15) is 23.7 Å². The van der Waals surface area contributed by atoms with E-state index in [2.05, 4.69) is 42.9 Å². The first kappa shape index (κ1) is 27.2. The Morgan fingerprint density at radius 3 is 2.52 bits per heavy atom. The second-order valence-electron chi connectivity index (χ2n) is 12.6. The summed E-state index contributed by atoms with van der Waals surface area (Å²) in [4.78, 5) is 8.13. The van der Waals surface area contributed by atoms with Crippen LogP contribution >= 0.6 is 0 Å². The largest absolute Gasteiger partial charge is 0.487 e. The zero-order valence-corrected chi connectivity index (χ0v) is 24.0. The number of likely N-dealkylation sites (N-methyl/N-ethyl adjacent to an activating group) is 1. The van der Waals surface area contributed by atoms with Crippen molar-refractivity contribution in [2.45, 2.75) is 57.7 Å². The summed E-state index contributed by atoms with van der Waals surface area (Å²) in [5.74, 6) is 1.61. The van der Waals surface area contributed by atoms with E-state index in [1.165, 1.54) is 32.0 Å². The number of allylic oxidation sites excluding steroid dienone is 2. The molecule has 4 aliphatic heterocycles. The van der Waals surface area contributed by atoms with Gasteiger partial charge in [0.25, 0.3) is 0 Å². The maximum absolute atomic E-state index is 13.5. The van der Waals surface area contributed by atoms with Gasteiger partial charge in [-0.3, -0.25) is 4.98 Å². The number of likely N-dealkylation sites (tertiary alicyclic amines) is 1. The van der Waals surface area contributed by atoms with Gasteiger partial charge in [0.05, 0.1) is 38.9 Å². The SMILES string of the molecule is CCC[N+](C)(C)C1CC2(CCN(C3=NN4C(=CCC=C4c4ccnc(C(F)(F)F)c4)C4=C3N(C)CCO4)CC2)C1. The number of hydrogen-bond donors (Lipinski definition) is 0. The second-order valence-corrected chi connectivity index (χ2v) is 12.6. The molecule has 0 amide bonds. The lowest BCUT2D eigenvalue weighted by molar-refractivity contribution is -0.924. The van der Waals surface area contributed by atoms with Crippen LogP contribution in [0.3, 0.4) is 0 Å². The van der Waals surface area contributed by atoms with Crippen LogP contribution in [0.5, 0.6) is 0 Å². The zero-order chi connectivity index (χ0) is 28.3. The second kappa shape index (κ2) is 9.82. The number of piperidine rings is 1. The van der Waals surface area contributed by atoms with Crippen LogP contribution in [0, 0.1) is 5.41 Å². The van der Waals surface area contributed by atoms with Gasteiger partial charge >= 0.3 is 6.18 Å². The van der Waals surface area contributed by atoms with E-state index in [1.807, 2.05) is 12.2 Å². The van der Waals surface area contributed by atoms with Crippen molar-refractivity contribution >= 4 is 11.5 Å². The van der Waals surface area contributed by atoms with Crippen LogP contribution in [-0.4, -0.2) is 90.1 Å². The highest BCUT2D eigenvalue weighted by Gasteiger charge is 2.52. The number of hydrazone groups is 1. The van der Waals surface area contributed by atoms with Crippen LogP contribution < -0.4 is 0 Å². The van der Waals surface area contributed by atoms with Gasteiger partial charge in [-0.1, -0.05) is 19.1 Å². The van der Waals surface area contributed by atoms with Crippen molar-refractivity contribution in [3.8, 4) is 0 Å². The quantitative estimate of drug-likeness (QED) is 0.473. The van der Waals surface area contributed by atoms with Gasteiger partial charge in [-0.25, -0.2) is 5.01 Å². The molecule has 2 fully saturated rings. The third-order valence-corrected chi connectivity index (χ3v) is 9.58. The Labute approximate surface area is 234 Å². The summed E-state index contributed by atoms with van der Waals surface area (Å²) in [6, 6.07) is 3.46. The molecule has 10 heteroatoms. The first-order valence-corrected chi connectivity index (χ1v) is 14.5. The van der Waals surface area contributed by atoms with E-state index in [-0.39, 0.29) is 0 Å². The Kier molecular flexibility index (Phi) is 6.67. The maximum atomic E-state index is 13.5. The molecule has 216 valence electrons. The molecule has 1 saturated carbocycles. The van der Waals surface area contributed by atoms with Gasteiger partial charge in [0, 0.05) is 44.7 Å². The van der Waals surface area contributed by atoms with E-state index in [0.717, 1.165) is 72.1 Å². The van der Waals surface area contributed by atoms with Crippen LogP contribution in [0.2, 0.25) is 0 Å². The first-order valence-electron chi connectivity index (χ1n) is 14.5. The number of pyridine rings is 1. The maximum Gasteiger partial charge on any atom is 0.433 e. The Bertz CT molecular complexity index is 1280. The van der Waals surface area contributed by atoms with E-state index in [1.54, 1.807) is 11.1 Å². The van der Waals surface area contributed by atoms with E-state index in [4.69, 9.17) is 9.84 Å². The summed E-state index contributed by atoms with van der Waals surface area (Å²) in [5.41, 5.74) is 2.34. The number of aromatic nitrogens is 1. The number of nitrogens with zero attached hydrogens (tertiary/aromatic N) is 6. The Morgan fingerprint density at radius 1 is 1.10 bits per heavy atom. The molecule has 6 rings (SSSR count). The molecule has 0 unspecified atom stereocenters. The molecule has 0 aromatic carbocycles. The number of fused-ring (bicyclic) bond motifs is 2. The minimum Gasteiger partial charge on any atom is -0.487 e. The van der Waals surface area contributed by atoms with Gasteiger partial charge in [-0.05, 0) is 43.2 Å². The molecule has 5 heterocycles. The van der Waals surface area contributed by atoms with Crippen molar-refractivity contribution < 1.29 is 22.4 Å². The minimum atomic E-state index is -4.51. The average Bonchev–Trinajstić information content (AvgIpc) is 2.91. The molecular formula is C30H40F3N6O+. The highest BCUT2D eigenvalue weighted by Crippen LogP contribution is 2.52. The van der Waals surface area contributed by atoms with Crippen molar-refractivity contribution in [1.29, 1.82) is 0 Å². The molecule has 40 heavy (non-hydrogen) atoms. The molecule has 1 aliphatic carbocycles. The fourth-order valence-electron chi connectivity index (χ4n) is 7.12. The van der Waals surface area contributed by atoms with Crippen LogP contribution in [0.1, 0.15) is 56.7 Å². The van der Waals surface area contributed by atoms with Crippen molar-refractivity contribution in [1.82, 2.24) is 19.8 Å². The fourth-order valence-corrected chi connectivity index (χ4v) is 7.12. The summed E-state index contributed by atoms with van der Waals surface area (Å²) in [7, 11) is 6.81. The zero-order valence-electron chi connectivity index (χ0n) is 24.0. The van der Waals surface area contributed by atoms with Gasteiger partial charge in [0.15, 0.2) is 11.6 Å². The van der Waals surface area contributed by atoms with Gasteiger partial charge in [-0.15, -0.1) is 5.10 Å². The lowest BCUT2D eigenvalue weighted by Crippen LogP contribution is -2.61. The third kappa shape index (κ3) is 4.67. The summed E-state index contributed by atoms with van der Waals surface area (Å²) in [5, 5.41) is 6.92. The molecule has 0 radical (unpaired) electrons. The standard InChI is InChI=1S/C30H40F3N6O/c1-5-16-39(3,4)22-19-29(20-22)10-13-37(14-11-29)28-26-27(40-17-15-36(26)2)24-8-6-7-23(38(24)35-28)21-9-12-34-25(18-21)30(31,32)33/h7-9,12,18,22H,5-6,10-11,13-17,19-20H2,1-4H3/q+1. The van der Waals surface area contributed by atoms with Gasteiger partial charge < -0.3 is 19.0 Å². The van der Waals surface area contributed by atoms with E-state index in [9.17, 15) is 13.2 Å². The lowest BCUT2D eigenvalue weighted by atomic mass is 9.59. The Balaban J connectivity index is 1.28. The fraction of sp³-hybridized carbons (Fsp3) is 0.600. The van der Waals surface area contributed by atoms with Crippen LogP contribution in [-0.2, 0) is 10.9 Å². The minimum absolute atomic E-state index is 0.415. The molecule has 0 atom stereocenters. The highest BCUT2D eigenvalue weighted by molar-refractivity contribution is 6.00. The predicted octanol–water partition coefficient (Wildman–Crippen LogP) is 5.26. The lowest BCUT2D eigenvalue weighted by Gasteiger charge is -2.57. The van der Waals surface area contributed by atoms with Crippen LogP contribution in [0.4, 0.5) is 13.2 Å². The molecule has 0 N–H and O–H groups in total. The molecular weight excluding hydrogens is 517 g/mol. The summed E-state index contributed by atoms with van der Waals surface area (Å²) in [6.07, 6.45) is 7.29. The number of amidine groups is 1. The van der Waals surface area contributed by atoms with E-state index < -0.39 is 11.9 Å². The first-order chi connectivity index (χ1) is 19.0. The van der Waals surface area contributed by atoms with E-state index >= 15 is 0 Å². The number of halogens is 3. The monoisotopic (exact) mass is 557 g/mol. The normalized spacial score (nSPS) is 23.2. The summed E-state index contributed by atoms with van der Waals surface area (Å²) in [6.45, 7) is 6.62. The Hall–Kier alpha value is -3.01. The number of ether oxygens (including phenoxy) is 1. The summed E-state index contributed by atoms with van der Waals surface area (Å²) < 4.78 is 47.8. The average molecular weight is 558 g/mol. The molecule has 7 nitrogen and oxygen atoms in total. The van der Waals surface area contributed by atoms with Crippen molar-refractivity contribution in [2.75, 3.05) is 53.9 Å². The molecule has 1 aromatic heterocycles. The molecule has 5 aliphatic rings. The highest BCUT2D eigenvalue weighted by atomic mass is 19.4. The number of quaternary nitrogens is 1. The molecule has 1 saturated heterocycles.